The van der Waals surface area contributed by atoms with Gasteiger partial charge in [0, 0.05) is 18.0 Å². The molecule has 3 nitrogen and oxygen atoms in total. The number of carbonyl (C=O) groups is 1. The molecule has 2 aromatic carbocycles. The topological polar surface area (TPSA) is 25.2 Å². The Morgan fingerprint density at radius 2 is 1.35 bits per heavy atom. The third kappa shape index (κ3) is 2.63. The molecule has 2 heterocycles. The number of amides is 1. The van der Waals surface area contributed by atoms with Crippen LogP contribution >= 0.6 is 0 Å². The van der Waals surface area contributed by atoms with Crippen LogP contribution in [-0.4, -0.2) is 18.7 Å². The van der Waals surface area contributed by atoms with Crippen molar-refractivity contribution >= 4 is 24.9 Å². The van der Waals surface area contributed by atoms with Gasteiger partial charge in [-0.2, -0.15) is 0 Å². The minimum absolute atomic E-state index is 0.0264. The predicted octanol–water partition coefficient (Wildman–Crippen LogP) is 5.03. The first-order chi connectivity index (χ1) is 12.5. The Bertz CT molecular complexity index is 982. The number of hydrogen-bond donors (Lipinski definition) is 0. The molecule has 0 atom stereocenters. The van der Waals surface area contributed by atoms with Crippen LogP contribution in [0.3, 0.4) is 0 Å². The summed E-state index contributed by atoms with van der Waals surface area (Å²) in [4.78, 5) is 13.3. The summed E-state index contributed by atoms with van der Waals surface area (Å²) in [7, 11) is -1.77. The average Bonchev–Trinajstić information content (AvgIpc) is 3.23. The van der Waals surface area contributed by atoms with E-state index in [-0.39, 0.29) is 5.91 Å². The third-order valence-corrected chi connectivity index (χ3v) is 6.71. The second-order valence-corrected chi connectivity index (χ2v) is 12.6. The lowest BCUT2D eigenvalue weighted by Gasteiger charge is -2.29. The van der Waals surface area contributed by atoms with Gasteiger partial charge >= 0.3 is 0 Å². The van der Waals surface area contributed by atoms with Crippen LogP contribution in [0.2, 0.25) is 19.6 Å². The lowest BCUT2D eigenvalue weighted by atomic mass is 10.1. The summed E-state index contributed by atoms with van der Waals surface area (Å²) >= 11 is 0. The fourth-order valence-corrected chi connectivity index (χ4v) is 5.64. The van der Waals surface area contributed by atoms with Crippen LogP contribution in [0, 0.1) is 0 Å². The zero-order valence-electron chi connectivity index (χ0n) is 15.3. The number of aromatic nitrogens is 1. The van der Waals surface area contributed by atoms with E-state index in [1.165, 1.54) is 10.8 Å². The predicted molar refractivity (Wildman–Crippen MR) is 110 cm³/mol. The summed E-state index contributed by atoms with van der Waals surface area (Å²) in [6.07, 6.45) is 3.85. The monoisotopic (exact) mass is 358 g/mol. The molecule has 0 N–H and O–H groups in total. The summed E-state index contributed by atoms with van der Waals surface area (Å²) in [5.74, 6) is 0.0264. The van der Waals surface area contributed by atoms with Crippen molar-refractivity contribution in [2.24, 2.45) is 0 Å². The molecule has 0 radical (unpaired) electrons. The maximum Gasteiger partial charge on any atom is 0.278 e. The average molecular weight is 359 g/mol. The first kappa shape index (κ1) is 16.6. The van der Waals surface area contributed by atoms with Gasteiger partial charge in [0.15, 0.2) is 0 Å². The van der Waals surface area contributed by atoms with Gasteiger partial charge in [-0.15, -0.1) is 0 Å². The van der Waals surface area contributed by atoms with E-state index in [0.29, 0.717) is 0 Å². The number of benzene rings is 2. The van der Waals surface area contributed by atoms with Crippen molar-refractivity contribution in [3.63, 3.8) is 0 Å². The van der Waals surface area contributed by atoms with Gasteiger partial charge in [0.1, 0.15) is 0 Å². The molecule has 1 aromatic heterocycles. The molecule has 0 saturated carbocycles. The molecule has 3 aromatic rings. The van der Waals surface area contributed by atoms with Crippen molar-refractivity contribution in [3.8, 4) is 0 Å². The van der Waals surface area contributed by atoms with Crippen LogP contribution in [0.5, 0.6) is 0 Å². The largest absolute Gasteiger partial charge is 0.278 e. The minimum Gasteiger partial charge on any atom is -0.267 e. The Morgan fingerprint density at radius 1 is 0.769 bits per heavy atom. The molecule has 1 aliphatic rings. The minimum atomic E-state index is -1.77. The van der Waals surface area contributed by atoms with E-state index in [1.54, 1.807) is 0 Å². The van der Waals surface area contributed by atoms with Gasteiger partial charge in [0.25, 0.3) is 5.91 Å². The van der Waals surface area contributed by atoms with E-state index in [1.807, 2.05) is 58.5 Å². The zero-order valence-corrected chi connectivity index (χ0v) is 16.3. The summed E-state index contributed by atoms with van der Waals surface area (Å²) in [5.41, 5.74) is 4.01. The number of hydrogen-bond acceptors (Lipinski definition) is 1. The van der Waals surface area contributed by atoms with Crippen LogP contribution in [0.4, 0.5) is 0 Å². The van der Waals surface area contributed by atoms with Crippen LogP contribution in [0.15, 0.2) is 79.1 Å². The van der Waals surface area contributed by atoms with Crippen LogP contribution in [-0.2, 0) is 0 Å². The van der Waals surface area contributed by atoms with E-state index in [0.717, 1.165) is 16.8 Å². The smallest absolute Gasteiger partial charge is 0.267 e. The molecule has 4 rings (SSSR count). The molecule has 0 spiro atoms. The maximum atomic E-state index is 13.3. The zero-order chi connectivity index (χ0) is 18.3. The normalized spacial score (nSPS) is 16.0. The summed E-state index contributed by atoms with van der Waals surface area (Å²) in [6.45, 7) is 7.00. The van der Waals surface area contributed by atoms with Gasteiger partial charge in [-0.3, -0.25) is 9.47 Å². The first-order valence-electron chi connectivity index (χ1n) is 8.86. The second-order valence-electron chi connectivity index (χ2n) is 7.57. The highest BCUT2D eigenvalue weighted by molar-refractivity contribution is 6.95. The molecule has 0 aliphatic carbocycles. The Balaban J connectivity index is 2.09. The molecule has 0 fully saturated rings. The molecule has 4 heteroatoms. The SMILES string of the molecule is C[Si](C)(C)/C(=C1\c2ccccc2C(=O)N1n1cccc1)c1ccccc1. The Morgan fingerprint density at radius 3 is 1.96 bits per heavy atom. The van der Waals surface area contributed by atoms with E-state index in [2.05, 4.69) is 50.0 Å². The maximum absolute atomic E-state index is 13.3. The second kappa shape index (κ2) is 6.14. The standard InChI is InChI=1S/C22H22N2OSi/c1-26(2,3)21(17-11-5-4-6-12-17)20-18-13-7-8-14-19(18)22(25)24(20)23-15-9-10-16-23/h4-16H,1-3H3/b21-20+. The van der Waals surface area contributed by atoms with Crippen molar-refractivity contribution in [1.82, 2.24) is 4.68 Å². The van der Waals surface area contributed by atoms with Crippen LogP contribution < -0.4 is 5.01 Å². The lowest BCUT2D eigenvalue weighted by molar-refractivity contribution is 0.0984. The number of rotatable bonds is 3. The first-order valence-corrected chi connectivity index (χ1v) is 12.4. The van der Waals surface area contributed by atoms with Gasteiger partial charge in [-0.25, -0.2) is 5.01 Å². The molecule has 130 valence electrons. The van der Waals surface area contributed by atoms with Crippen molar-refractivity contribution in [2.45, 2.75) is 19.6 Å². The summed E-state index contributed by atoms with van der Waals surface area (Å²) in [5, 5.41) is 3.12. The third-order valence-electron chi connectivity index (χ3n) is 4.69. The lowest BCUT2D eigenvalue weighted by Crippen LogP contribution is -2.36. The highest BCUT2D eigenvalue weighted by Crippen LogP contribution is 2.40. The molecule has 26 heavy (non-hydrogen) atoms. The fourth-order valence-electron chi connectivity index (χ4n) is 3.66. The van der Waals surface area contributed by atoms with Crippen molar-refractivity contribution in [2.75, 3.05) is 5.01 Å². The van der Waals surface area contributed by atoms with Gasteiger partial charge in [-0.1, -0.05) is 68.2 Å². The number of nitrogens with zero attached hydrogens (tertiary/aromatic N) is 2. The highest BCUT2D eigenvalue weighted by atomic mass is 28.3. The molecule has 0 saturated heterocycles. The molecule has 1 aliphatic heterocycles. The molecule has 0 bridgehead atoms. The quantitative estimate of drug-likeness (QED) is 0.603. The molecular weight excluding hydrogens is 336 g/mol. The van der Waals surface area contributed by atoms with Gasteiger partial charge < -0.3 is 0 Å². The van der Waals surface area contributed by atoms with Crippen molar-refractivity contribution in [1.29, 1.82) is 0 Å². The number of carbonyl (C=O) groups excluding carboxylic acids is 1. The Labute approximate surface area is 155 Å². The Kier molecular flexibility index (Phi) is 3.92. The van der Waals surface area contributed by atoms with Crippen molar-refractivity contribution < 1.29 is 4.79 Å². The number of fused-ring (bicyclic) bond motifs is 1. The van der Waals surface area contributed by atoms with Gasteiger partial charge in [-0.05, 0) is 29.0 Å². The van der Waals surface area contributed by atoms with Crippen LogP contribution in [0.25, 0.3) is 10.9 Å². The highest BCUT2D eigenvalue weighted by Gasteiger charge is 2.38. The fraction of sp³-hybridized carbons (Fsp3) is 0.136. The summed E-state index contributed by atoms with van der Waals surface area (Å²) < 4.78 is 1.89. The van der Waals surface area contributed by atoms with Gasteiger partial charge in [0.05, 0.1) is 19.3 Å². The molecular formula is C22H22N2OSi. The van der Waals surface area contributed by atoms with E-state index in [9.17, 15) is 4.79 Å². The summed E-state index contributed by atoms with van der Waals surface area (Å²) in [6, 6.07) is 22.3. The van der Waals surface area contributed by atoms with Gasteiger partial charge in [0.2, 0.25) is 0 Å². The molecule has 1 amide bonds. The molecule has 0 unspecified atom stereocenters. The van der Waals surface area contributed by atoms with Crippen LogP contribution in [0.1, 0.15) is 21.5 Å². The Hall–Kier alpha value is -2.85. The van der Waals surface area contributed by atoms with E-state index >= 15 is 0 Å². The van der Waals surface area contributed by atoms with E-state index in [4.69, 9.17) is 0 Å². The van der Waals surface area contributed by atoms with E-state index < -0.39 is 8.07 Å². The van der Waals surface area contributed by atoms with Crippen molar-refractivity contribution in [3.05, 3.63) is 95.8 Å².